The quantitative estimate of drug-likeness (QED) is 0.585. The Balaban J connectivity index is 1.56. The lowest BCUT2D eigenvalue weighted by atomic mass is 10.0. The van der Waals surface area contributed by atoms with E-state index in [0.29, 0.717) is 31.3 Å². The number of hydrogen-bond acceptors (Lipinski definition) is 3. The minimum absolute atomic E-state index is 0.152. The van der Waals surface area contributed by atoms with Gasteiger partial charge in [0, 0.05) is 25.9 Å². The highest BCUT2D eigenvalue weighted by Gasteiger charge is 2.25. The molecule has 0 amide bonds. The standard InChI is InChI=1S/C23H31FN4O/c1-28-14-11-20-22(28)23(26-13-12-25-20)27-19-10-6-9-18(24)15-21(19)29-16-17-7-4-2-3-5-8-17/h6,10-11,13-15,17,19,21,25H,2-5,7-9,12,16H2,1H3. The molecule has 1 aromatic heterocycles. The van der Waals surface area contributed by atoms with Gasteiger partial charge in [-0.3, -0.25) is 4.99 Å². The largest absolute Gasteiger partial charge is 0.378 e. The van der Waals surface area contributed by atoms with Gasteiger partial charge < -0.3 is 14.6 Å². The maximum absolute atomic E-state index is 14.2. The van der Waals surface area contributed by atoms with Crippen LogP contribution in [0.3, 0.4) is 0 Å². The summed E-state index contributed by atoms with van der Waals surface area (Å²) in [6.45, 7) is 1.33. The van der Waals surface area contributed by atoms with Crippen LogP contribution >= 0.6 is 0 Å². The second kappa shape index (κ2) is 9.53. The van der Waals surface area contributed by atoms with Gasteiger partial charge >= 0.3 is 0 Å². The van der Waals surface area contributed by atoms with Gasteiger partial charge in [-0.25, -0.2) is 9.38 Å². The predicted molar refractivity (Wildman–Crippen MR) is 117 cm³/mol. The van der Waals surface area contributed by atoms with E-state index in [9.17, 15) is 4.39 Å². The number of aromatic nitrogens is 1. The zero-order valence-electron chi connectivity index (χ0n) is 17.2. The average Bonchev–Trinajstić information content (AvgIpc) is 2.95. The third-order valence-corrected chi connectivity index (χ3v) is 5.98. The summed E-state index contributed by atoms with van der Waals surface area (Å²) >= 11 is 0. The van der Waals surface area contributed by atoms with Crippen molar-refractivity contribution in [1.82, 2.24) is 4.57 Å². The molecular weight excluding hydrogens is 367 g/mol. The van der Waals surface area contributed by atoms with Crippen LogP contribution in [0.25, 0.3) is 0 Å². The van der Waals surface area contributed by atoms with Crippen molar-refractivity contribution in [2.75, 3.05) is 18.5 Å². The van der Waals surface area contributed by atoms with Crippen molar-refractivity contribution in [3.8, 4) is 0 Å². The van der Waals surface area contributed by atoms with Crippen molar-refractivity contribution in [1.29, 1.82) is 0 Å². The van der Waals surface area contributed by atoms with Crippen LogP contribution in [0.5, 0.6) is 0 Å². The number of nitrogens with one attached hydrogen (secondary N) is 1. The van der Waals surface area contributed by atoms with Gasteiger partial charge in [-0.1, -0.05) is 37.8 Å². The van der Waals surface area contributed by atoms with Gasteiger partial charge in [0.15, 0.2) is 5.84 Å². The molecule has 4 rings (SSSR count). The number of halogens is 1. The average molecular weight is 399 g/mol. The van der Waals surface area contributed by atoms with Crippen LogP contribution in [0.15, 0.2) is 46.3 Å². The minimum Gasteiger partial charge on any atom is -0.378 e. The normalized spacial score (nSPS) is 27.0. The Morgan fingerprint density at radius 3 is 2.93 bits per heavy atom. The first-order valence-corrected chi connectivity index (χ1v) is 10.8. The Bertz CT molecular complexity index is 815. The Hall–Kier alpha value is -2.21. The van der Waals surface area contributed by atoms with Gasteiger partial charge in [0.1, 0.15) is 23.7 Å². The number of nitrogens with zero attached hydrogens (tertiary/aromatic N) is 3. The fourth-order valence-electron chi connectivity index (χ4n) is 4.35. The van der Waals surface area contributed by atoms with E-state index in [1.807, 2.05) is 42.2 Å². The van der Waals surface area contributed by atoms with Gasteiger partial charge in [-0.2, -0.15) is 0 Å². The number of anilines is 1. The maximum atomic E-state index is 14.2. The van der Waals surface area contributed by atoms with E-state index in [4.69, 9.17) is 9.73 Å². The number of fused-ring (bicyclic) bond motifs is 1. The highest BCUT2D eigenvalue weighted by molar-refractivity contribution is 6.07. The summed E-state index contributed by atoms with van der Waals surface area (Å²) in [6, 6.07) is 1.74. The lowest BCUT2D eigenvalue weighted by molar-refractivity contribution is 0.0460. The zero-order valence-corrected chi connectivity index (χ0v) is 17.2. The van der Waals surface area contributed by atoms with E-state index in [-0.39, 0.29) is 11.9 Å². The van der Waals surface area contributed by atoms with Gasteiger partial charge in [0.05, 0.1) is 18.8 Å². The van der Waals surface area contributed by atoms with Crippen LogP contribution < -0.4 is 5.32 Å². The SMILES string of the molecule is Cn1ccc2c1C(=NC1C=CCC(F)=CC1OCC1CCCCCC1)N=CCN2. The summed E-state index contributed by atoms with van der Waals surface area (Å²) < 4.78 is 22.5. The Labute approximate surface area is 172 Å². The number of ether oxygens (including phenoxy) is 1. The molecular formula is C23H31FN4O. The number of allylic oxidation sites excluding steroid dienone is 2. The first-order valence-electron chi connectivity index (χ1n) is 10.8. The van der Waals surface area contributed by atoms with Gasteiger partial charge in [-0.05, 0) is 30.9 Å². The van der Waals surface area contributed by atoms with Crippen LogP contribution in [0.2, 0.25) is 0 Å². The molecule has 29 heavy (non-hydrogen) atoms. The van der Waals surface area contributed by atoms with Crippen molar-refractivity contribution >= 4 is 17.7 Å². The van der Waals surface area contributed by atoms with Crippen molar-refractivity contribution in [2.45, 2.75) is 57.1 Å². The lowest BCUT2D eigenvalue weighted by Gasteiger charge is -2.22. The number of rotatable bonds is 4. The molecule has 156 valence electrons. The predicted octanol–water partition coefficient (Wildman–Crippen LogP) is 4.81. The highest BCUT2D eigenvalue weighted by atomic mass is 19.1. The Morgan fingerprint density at radius 2 is 2.10 bits per heavy atom. The topological polar surface area (TPSA) is 50.9 Å². The van der Waals surface area contributed by atoms with Crippen LogP contribution in [-0.4, -0.2) is 41.9 Å². The van der Waals surface area contributed by atoms with E-state index < -0.39 is 6.10 Å². The number of aryl methyl sites for hydroxylation is 1. The van der Waals surface area contributed by atoms with Crippen LogP contribution in [0, 0.1) is 5.92 Å². The summed E-state index contributed by atoms with van der Waals surface area (Å²) in [7, 11) is 1.99. The molecule has 3 aliphatic rings. The number of aliphatic imine (C=N–C) groups is 2. The molecule has 0 radical (unpaired) electrons. The first-order chi connectivity index (χ1) is 14.2. The smallest absolute Gasteiger partial charge is 0.174 e. The monoisotopic (exact) mass is 398 g/mol. The van der Waals surface area contributed by atoms with Crippen LogP contribution in [-0.2, 0) is 11.8 Å². The molecule has 1 fully saturated rings. The molecule has 1 N–H and O–H groups in total. The summed E-state index contributed by atoms with van der Waals surface area (Å²) in [5, 5.41) is 3.35. The number of hydrogen-bond donors (Lipinski definition) is 1. The third-order valence-electron chi connectivity index (χ3n) is 5.98. The van der Waals surface area contributed by atoms with Crippen LogP contribution in [0.1, 0.15) is 50.6 Å². The zero-order chi connectivity index (χ0) is 20.1. The summed E-state index contributed by atoms with van der Waals surface area (Å²) in [4.78, 5) is 9.50. The summed E-state index contributed by atoms with van der Waals surface area (Å²) in [5.41, 5.74) is 1.96. The molecule has 0 spiro atoms. The molecule has 2 heterocycles. The molecule has 2 atom stereocenters. The maximum Gasteiger partial charge on any atom is 0.174 e. The lowest BCUT2D eigenvalue weighted by Crippen LogP contribution is -2.28. The summed E-state index contributed by atoms with van der Waals surface area (Å²) in [6.07, 6.45) is 16.7. The Morgan fingerprint density at radius 1 is 1.28 bits per heavy atom. The molecule has 2 aliphatic carbocycles. The van der Waals surface area contributed by atoms with Crippen molar-refractivity contribution in [2.24, 2.45) is 23.0 Å². The van der Waals surface area contributed by atoms with Crippen molar-refractivity contribution in [3.05, 3.63) is 42.0 Å². The van der Waals surface area contributed by atoms with E-state index in [0.717, 1.165) is 11.4 Å². The van der Waals surface area contributed by atoms with Crippen molar-refractivity contribution < 1.29 is 9.13 Å². The Kier molecular flexibility index (Phi) is 6.60. The van der Waals surface area contributed by atoms with E-state index in [1.54, 1.807) is 6.08 Å². The molecule has 5 nitrogen and oxygen atoms in total. The first kappa shape index (κ1) is 20.1. The molecule has 1 saturated carbocycles. The molecule has 0 saturated heterocycles. The fraction of sp³-hybridized carbons (Fsp3) is 0.565. The molecule has 1 aliphatic heterocycles. The van der Waals surface area contributed by atoms with Crippen molar-refractivity contribution in [3.63, 3.8) is 0 Å². The molecule has 1 aromatic rings. The van der Waals surface area contributed by atoms with Gasteiger partial charge in [0.2, 0.25) is 0 Å². The molecule has 0 bridgehead atoms. The summed E-state index contributed by atoms with van der Waals surface area (Å²) in [5.74, 6) is 1.07. The fourth-order valence-corrected chi connectivity index (χ4v) is 4.35. The van der Waals surface area contributed by atoms with Crippen LogP contribution in [0.4, 0.5) is 10.1 Å². The van der Waals surface area contributed by atoms with Gasteiger partial charge in [-0.15, -0.1) is 0 Å². The second-order valence-electron chi connectivity index (χ2n) is 8.23. The molecule has 6 heteroatoms. The van der Waals surface area contributed by atoms with Gasteiger partial charge in [0.25, 0.3) is 0 Å². The van der Waals surface area contributed by atoms with E-state index in [1.165, 1.54) is 38.5 Å². The second-order valence-corrected chi connectivity index (χ2v) is 8.23. The molecule has 2 unspecified atom stereocenters. The molecule has 0 aromatic carbocycles. The highest BCUT2D eigenvalue weighted by Crippen LogP contribution is 2.26. The van der Waals surface area contributed by atoms with E-state index >= 15 is 0 Å². The van der Waals surface area contributed by atoms with E-state index in [2.05, 4.69) is 10.3 Å². The third kappa shape index (κ3) is 5.04. The number of amidine groups is 1. The minimum atomic E-state index is -0.403.